The predicted molar refractivity (Wildman–Crippen MR) is 125 cm³/mol. The molecule has 41 heavy (non-hydrogen) atoms. The molecule has 7 rings (SSSR count). The maximum absolute atomic E-state index is 14.0. The fourth-order valence-electron chi connectivity index (χ4n) is 9.58. The van der Waals surface area contributed by atoms with Crippen molar-refractivity contribution in [3.05, 3.63) is 0 Å². The lowest BCUT2D eigenvalue weighted by Gasteiger charge is -2.49. The summed E-state index contributed by atoms with van der Waals surface area (Å²) in [7, 11) is 0. The second-order valence-electron chi connectivity index (χ2n) is 13.5. The van der Waals surface area contributed by atoms with E-state index in [1.807, 2.05) is 20.8 Å². The molecule has 0 radical (unpaired) electrons. The van der Waals surface area contributed by atoms with Crippen LogP contribution in [0.2, 0.25) is 0 Å². The molecule has 1 unspecified atom stereocenters. The van der Waals surface area contributed by atoms with Gasteiger partial charge in [-0.15, -0.1) is 0 Å². The Morgan fingerprint density at radius 2 is 1.66 bits per heavy atom. The summed E-state index contributed by atoms with van der Waals surface area (Å²) < 4.78 is 35.3. The lowest BCUT2D eigenvalue weighted by atomic mass is 9.51. The van der Waals surface area contributed by atoms with Crippen molar-refractivity contribution in [1.29, 1.82) is 0 Å². The molecule has 6 N–H and O–H groups in total. The zero-order valence-corrected chi connectivity index (χ0v) is 22.7. The van der Waals surface area contributed by atoms with Gasteiger partial charge in [0.2, 0.25) is 11.9 Å². The zero-order valence-electron chi connectivity index (χ0n) is 22.7. The summed E-state index contributed by atoms with van der Waals surface area (Å²) >= 11 is 0. The Morgan fingerprint density at radius 1 is 0.976 bits per heavy atom. The average Bonchev–Trinajstić information content (AvgIpc) is 3.62. The number of carbonyl (C=O) groups excluding carboxylic acids is 3. The van der Waals surface area contributed by atoms with Gasteiger partial charge < -0.3 is 59.1 Å². The van der Waals surface area contributed by atoms with Crippen molar-refractivity contribution in [2.45, 2.75) is 107 Å². The Kier molecular flexibility index (Phi) is 5.40. The molecule has 0 amide bonds. The number of aliphatic hydroxyl groups is 6. The van der Waals surface area contributed by atoms with Crippen molar-refractivity contribution in [2.75, 3.05) is 6.61 Å². The first-order chi connectivity index (χ1) is 19.1. The molecule has 5 heterocycles. The van der Waals surface area contributed by atoms with Crippen LogP contribution in [0.25, 0.3) is 0 Å². The molecule has 0 aromatic heterocycles. The van der Waals surface area contributed by atoms with E-state index in [-0.39, 0.29) is 6.42 Å². The highest BCUT2D eigenvalue weighted by molar-refractivity contribution is 5.94. The summed E-state index contributed by atoms with van der Waals surface area (Å²) in [5.41, 5.74) is -9.26. The summed E-state index contributed by atoms with van der Waals surface area (Å²) in [6.45, 7) is 6.15. The number of esters is 3. The van der Waals surface area contributed by atoms with Gasteiger partial charge >= 0.3 is 17.9 Å². The highest BCUT2D eigenvalue weighted by Gasteiger charge is 3.04. The van der Waals surface area contributed by atoms with Crippen molar-refractivity contribution in [2.24, 2.45) is 28.1 Å². The fourth-order valence-corrected chi connectivity index (χ4v) is 9.58. The number of aliphatic hydroxyl groups excluding tert-OH is 5. The molecule has 5 aliphatic heterocycles. The van der Waals surface area contributed by atoms with Gasteiger partial charge in [0, 0.05) is 0 Å². The summed E-state index contributed by atoms with van der Waals surface area (Å²) in [5.74, 6) is -4.98. The molecular formula is C26H34O15. The summed E-state index contributed by atoms with van der Waals surface area (Å²) in [6.07, 6.45) is -16.4. The van der Waals surface area contributed by atoms with Gasteiger partial charge in [0.15, 0.2) is 24.1 Å². The third kappa shape index (κ3) is 2.59. The Balaban J connectivity index is 1.48. The van der Waals surface area contributed by atoms with Crippen LogP contribution in [0.15, 0.2) is 0 Å². The molecule has 5 saturated heterocycles. The van der Waals surface area contributed by atoms with Crippen LogP contribution in [0.1, 0.15) is 34.1 Å². The van der Waals surface area contributed by atoms with E-state index in [0.29, 0.717) is 0 Å². The number of fused-ring (bicyclic) bond motifs is 1. The minimum atomic E-state index is -2.45. The van der Waals surface area contributed by atoms with Crippen LogP contribution in [0.5, 0.6) is 0 Å². The van der Waals surface area contributed by atoms with Crippen molar-refractivity contribution in [3.63, 3.8) is 0 Å². The second-order valence-corrected chi connectivity index (χ2v) is 13.5. The minimum absolute atomic E-state index is 0.0875. The first-order valence-electron chi connectivity index (χ1n) is 13.7. The SMILES string of the molecule is C[C@@H]1C(=O)O[C@H]2[C@H](O[C@@H]3O[C@H](CO)[C@@H](O)[C@H](O)[C@H]3O)[C@@]34[C@H]5C[C@@H](C(C)(C)C)[C@@]36C(O)C(=O)O[C@H]6O[C@@]4(C(=O)O5)[C@@]12O. The molecule has 15 nitrogen and oxygen atoms in total. The topological polar surface area (TPSA) is 228 Å². The summed E-state index contributed by atoms with van der Waals surface area (Å²) in [4.78, 5) is 40.0. The monoisotopic (exact) mass is 586 g/mol. The van der Waals surface area contributed by atoms with Crippen LogP contribution in [0, 0.1) is 28.1 Å². The van der Waals surface area contributed by atoms with Gasteiger partial charge in [0.25, 0.3) is 0 Å². The Morgan fingerprint density at radius 3 is 2.29 bits per heavy atom. The van der Waals surface area contributed by atoms with E-state index in [4.69, 9.17) is 28.4 Å². The van der Waals surface area contributed by atoms with Crippen molar-refractivity contribution >= 4 is 17.9 Å². The standard InChI is InChI=1S/C26H34O15/c1-7-17(32)38-16-15(39-19-13(30)12(29)11(28)8(6-27)36-19)24-10-5-9(22(2,3)4)23(24)14(31)18(33)40-21(23)41-26(24,20(34)37-10)25(7,16)35/h7-16,19,21,27-31,35H,5-6H2,1-4H3/t7-,8-,9+,10-,11-,12+,13-,14?,15+,16+,19+,21+,23+,24+,25-,26-/m1/s1. The third-order valence-electron chi connectivity index (χ3n) is 11.1. The Labute approximate surface area is 233 Å². The zero-order chi connectivity index (χ0) is 29.8. The molecule has 16 atom stereocenters. The van der Waals surface area contributed by atoms with Gasteiger partial charge in [-0.3, -0.25) is 4.79 Å². The quantitative estimate of drug-likeness (QED) is 0.139. The van der Waals surface area contributed by atoms with E-state index in [1.165, 1.54) is 6.92 Å². The maximum atomic E-state index is 14.0. The lowest BCUT2D eigenvalue weighted by molar-refractivity contribution is -0.331. The van der Waals surface area contributed by atoms with E-state index in [0.717, 1.165) is 0 Å². The maximum Gasteiger partial charge on any atom is 0.343 e. The van der Waals surface area contributed by atoms with Crippen molar-refractivity contribution in [1.82, 2.24) is 0 Å². The van der Waals surface area contributed by atoms with Crippen molar-refractivity contribution < 1.29 is 73.4 Å². The highest BCUT2D eigenvalue weighted by atomic mass is 16.8. The molecule has 7 aliphatic rings. The fraction of sp³-hybridized carbons (Fsp3) is 0.885. The van der Waals surface area contributed by atoms with Gasteiger partial charge in [-0.05, 0) is 24.7 Å². The van der Waals surface area contributed by atoms with Crippen LogP contribution in [-0.2, 0) is 42.8 Å². The molecule has 0 aromatic carbocycles. The van der Waals surface area contributed by atoms with Crippen LogP contribution in [-0.4, -0.2) is 128 Å². The summed E-state index contributed by atoms with van der Waals surface area (Å²) in [5, 5.41) is 65.5. The molecule has 2 spiro atoms. The highest BCUT2D eigenvalue weighted by Crippen LogP contribution is 2.85. The van der Waals surface area contributed by atoms with E-state index in [9.17, 15) is 45.0 Å². The molecule has 15 heteroatoms. The van der Waals surface area contributed by atoms with Gasteiger partial charge in [0.1, 0.15) is 36.6 Å². The normalized spacial score (nSPS) is 58.5. The lowest BCUT2D eigenvalue weighted by Crippen LogP contribution is -2.68. The van der Waals surface area contributed by atoms with E-state index in [1.54, 1.807) is 0 Å². The van der Waals surface area contributed by atoms with Crippen LogP contribution < -0.4 is 0 Å². The number of ether oxygens (including phenoxy) is 6. The van der Waals surface area contributed by atoms with E-state index < -0.39 is 125 Å². The number of rotatable bonds is 3. The van der Waals surface area contributed by atoms with Crippen LogP contribution >= 0.6 is 0 Å². The van der Waals surface area contributed by atoms with Crippen LogP contribution in [0.3, 0.4) is 0 Å². The molecule has 2 aliphatic carbocycles. The second kappa shape index (κ2) is 7.95. The van der Waals surface area contributed by atoms with Gasteiger partial charge in [-0.25, -0.2) is 9.59 Å². The van der Waals surface area contributed by atoms with Crippen molar-refractivity contribution in [3.8, 4) is 0 Å². The largest absolute Gasteiger partial charge is 0.459 e. The third-order valence-corrected chi connectivity index (χ3v) is 11.1. The number of hydrogen-bond acceptors (Lipinski definition) is 15. The van der Waals surface area contributed by atoms with E-state index >= 15 is 0 Å². The van der Waals surface area contributed by atoms with Gasteiger partial charge in [-0.1, -0.05) is 20.8 Å². The van der Waals surface area contributed by atoms with Gasteiger partial charge in [-0.2, -0.15) is 0 Å². The molecule has 0 bridgehead atoms. The Hall–Kier alpha value is -1.95. The molecule has 228 valence electrons. The first-order valence-corrected chi connectivity index (χ1v) is 13.7. The number of carbonyl (C=O) groups is 3. The molecule has 0 aromatic rings. The summed E-state index contributed by atoms with van der Waals surface area (Å²) in [6, 6.07) is 0. The predicted octanol–water partition coefficient (Wildman–Crippen LogP) is -3.55. The van der Waals surface area contributed by atoms with Gasteiger partial charge in [0.05, 0.1) is 23.4 Å². The average molecular weight is 587 g/mol. The van der Waals surface area contributed by atoms with E-state index in [2.05, 4.69) is 0 Å². The molecular weight excluding hydrogens is 552 g/mol. The minimum Gasteiger partial charge on any atom is -0.459 e. The molecule has 2 saturated carbocycles. The molecule has 7 fully saturated rings. The Bertz CT molecular complexity index is 1220. The van der Waals surface area contributed by atoms with Crippen LogP contribution in [0.4, 0.5) is 0 Å². The smallest absolute Gasteiger partial charge is 0.343 e. The first kappa shape index (κ1) is 27.9. The number of hydrogen-bond donors (Lipinski definition) is 6.